The van der Waals surface area contributed by atoms with Crippen molar-refractivity contribution in [2.75, 3.05) is 23.8 Å². The Hall–Kier alpha value is -2.29. The summed E-state index contributed by atoms with van der Waals surface area (Å²) in [6.45, 7) is 5.08. The number of carbonyl (C=O) groups excluding carboxylic acids is 1. The summed E-state index contributed by atoms with van der Waals surface area (Å²) in [4.78, 5) is 14.2. The molecule has 0 saturated heterocycles. The van der Waals surface area contributed by atoms with Gasteiger partial charge in [0.1, 0.15) is 0 Å². The molecule has 0 atom stereocenters. The van der Waals surface area contributed by atoms with Crippen molar-refractivity contribution in [3.63, 3.8) is 0 Å². The number of hydrogen-bond acceptors (Lipinski definition) is 2. The van der Waals surface area contributed by atoms with E-state index in [-0.39, 0.29) is 5.91 Å². The van der Waals surface area contributed by atoms with E-state index in [0.717, 1.165) is 29.9 Å². The number of para-hydroxylation sites is 1. The average Bonchev–Trinajstić information content (AvgIpc) is 2.52. The maximum atomic E-state index is 12.5. The zero-order valence-corrected chi connectivity index (χ0v) is 12.9. The van der Waals surface area contributed by atoms with E-state index in [1.807, 2.05) is 62.5 Å². The maximum Gasteiger partial charge on any atom is 0.258 e. The fourth-order valence-electron chi connectivity index (χ4n) is 2.24. The normalized spacial score (nSPS) is 10.2. The third-order valence-electron chi connectivity index (χ3n) is 3.49. The lowest BCUT2D eigenvalue weighted by atomic mass is 10.1. The number of benzene rings is 2. The highest BCUT2D eigenvalue weighted by atomic mass is 16.2. The minimum atomic E-state index is 0.00587. The average molecular weight is 282 g/mol. The molecule has 2 aromatic carbocycles. The van der Waals surface area contributed by atoms with Gasteiger partial charge in [-0.3, -0.25) is 4.79 Å². The van der Waals surface area contributed by atoms with Gasteiger partial charge in [0.25, 0.3) is 5.91 Å². The first-order chi connectivity index (χ1) is 10.1. The van der Waals surface area contributed by atoms with Crippen molar-refractivity contribution in [3.05, 3.63) is 59.7 Å². The van der Waals surface area contributed by atoms with Gasteiger partial charge in [-0.25, -0.2) is 0 Å². The molecule has 2 aromatic rings. The van der Waals surface area contributed by atoms with Crippen LogP contribution in [0.3, 0.4) is 0 Å². The molecule has 0 saturated carbocycles. The minimum Gasteiger partial charge on any atom is -0.385 e. The van der Waals surface area contributed by atoms with E-state index in [2.05, 4.69) is 12.2 Å². The van der Waals surface area contributed by atoms with Crippen LogP contribution in [0.1, 0.15) is 29.3 Å². The van der Waals surface area contributed by atoms with Crippen molar-refractivity contribution in [1.29, 1.82) is 0 Å². The molecule has 0 fully saturated rings. The molecule has 1 N–H and O–H groups in total. The Morgan fingerprint density at radius 3 is 2.38 bits per heavy atom. The Balaban J connectivity index is 2.14. The molecular formula is C18H22N2O. The number of hydrogen-bond donors (Lipinski definition) is 1. The van der Waals surface area contributed by atoms with Crippen molar-refractivity contribution in [2.45, 2.75) is 20.3 Å². The lowest BCUT2D eigenvalue weighted by molar-refractivity contribution is 0.0993. The minimum absolute atomic E-state index is 0.00587. The number of anilines is 2. The van der Waals surface area contributed by atoms with E-state index in [9.17, 15) is 4.79 Å². The van der Waals surface area contributed by atoms with Gasteiger partial charge in [-0.2, -0.15) is 0 Å². The van der Waals surface area contributed by atoms with Gasteiger partial charge in [-0.15, -0.1) is 0 Å². The van der Waals surface area contributed by atoms with Gasteiger partial charge in [0.2, 0.25) is 0 Å². The Kier molecular flexibility index (Phi) is 4.99. The number of rotatable bonds is 5. The lowest BCUT2D eigenvalue weighted by Gasteiger charge is -2.19. The summed E-state index contributed by atoms with van der Waals surface area (Å²) >= 11 is 0. The second-order valence-electron chi connectivity index (χ2n) is 5.15. The molecule has 1 amide bonds. The van der Waals surface area contributed by atoms with E-state index >= 15 is 0 Å². The fourth-order valence-corrected chi connectivity index (χ4v) is 2.24. The van der Waals surface area contributed by atoms with Crippen LogP contribution in [0.5, 0.6) is 0 Å². The second kappa shape index (κ2) is 6.93. The van der Waals surface area contributed by atoms with Crippen molar-refractivity contribution in [1.82, 2.24) is 0 Å². The summed E-state index contributed by atoms with van der Waals surface area (Å²) < 4.78 is 0. The fraction of sp³-hybridized carbons (Fsp3) is 0.278. The first-order valence-corrected chi connectivity index (χ1v) is 7.31. The molecule has 0 radical (unpaired) electrons. The molecule has 0 aliphatic rings. The molecule has 2 rings (SSSR count). The summed E-state index contributed by atoms with van der Waals surface area (Å²) in [5, 5.41) is 3.31. The second-order valence-corrected chi connectivity index (χ2v) is 5.15. The SMILES string of the molecule is CCCNc1ccc(C(=O)N(C)c2ccccc2C)cc1. The van der Waals surface area contributed by atoms with Crippen molar-refractivity contribution in [2.24, 2.45) is 0 Å². The van der Waals surface area contributed by atoms with Crippen LogP contribution in [0.25, 0.3) is 0 Å². The van der Waals surface area contributed by atoms with Crippen LogP contribution in [0, 0.1) is 6.92 Å². The summed E-state index contributed by atoms with van der Waals surface area (Å²) in [7, 11) is 1.81. The molecule has 0 aliphatic carbocycles. The summed E-state index contributed by atoms with van der Waals surface area (Å²) in [6.07, 6.45) is 1.08. The zero-order chi connectivity index (χ0) is 15.2. The molecule has 3 nitrogen and oxygen atoms in total. The molecule has 0 spiro atoms. The molecule has 3 heteroatoms. The van der Waals surface area contributed by atoms with Crippen LogP contribution in [0.4, 0.5) is 11.4 Å². The van der Waals surface area contributed by atoms with E-state index in [1.54, 1.807) is 4.90 Å². The van der Waals surface area contributed by atoms with Crippen LogP contribution in [0.15, 0.2) is 48.5 Å². The number of carbonyl (C=O) groups is 1. The number of nitrogens with one attached hydrogen (secondary N) is 1. The largest absolute Gasteiger partial charge is 0.385 e. The highest BCUT2D eigenvalue weighted by Crippen LogP contribution is 2.20. The molecule has 0 aromatic heterocycles. The Bertz CT molecular complexity index is 605. The third kappa shape index (κ3) is 3.63. The van der Waals surface area contributed by atoms with E-state index in [4.69, 9.17) is 0 Å². The van der Waals surface area contributed by atoms with Gasteiger partial charge in [0.15, 0.2) is 0 Å². The van der Waals surface area contributed by atoms with Crippen LogP contribution in [0.2, 0.25) is 0 Å². The van der Waals surface area contributed by atoms with Crippen molar-refractivity contribution >= 4 is 17.3 Å². The first kappa shape index (κ1) is 15.1. The van der Waals surface area contributed by atoms with Gasteiger partial charge in [-0.1, -0.05) is 25.1 Å². The predicted octanol–water partition coefficient (Wildman–Crippen LogP) is 4.09. The number of amides is 1. The lowest BCUT2D eigenvalue weighted by Crippen LogP contribution is -2.26. The number of nitrogens with zero attached hydrogens (tertiary/aromatic N) is 1. The zero-order valence-electron chi connectivity index (χ0n) is 12.9. The number of aryl methyl sites for hydroxylation is 1. The molecule has 0 heterocycles. The monoisotopic (exact) mass is 282 g/mol. The molecular weight excluding hydrogens is 260 g/mol. The smallest absolute Gasteiger partial charge is 0.258 e. The van der Waals surface area contributed by atoms with Crippen molar-refractivity contribution in [3.8, 4) is 0 Å². The molecule has 0 bridgehead atoms. The predicted molar refractivity (Wildman–Crippen MR) is 89.1 cm³/mol. The van der Waals surface area contributed by atoms with Gasteiger partial charge in [0, 0.05) is 30.5 Å². The van der Waals surface area contributed by atoms with Crippen LogP contribution >= 0.6 is 0 Å². The first-order valence-electron chi connectivity index (χ1n) is 7.31. The standard InChI is InChI=1S/C18H22N2O/c1-4-13-19-16-11-9-15(10-12-16)18(21)20(3)17-8-6-5-7-14(17)2/h5-12,19H,4,13H2,1-3H3. The van der Waals surface area contributed by atoms with Crippen LogP contribution in [-0.4, -0.2) is 19.5 Å². The molecule has 0 aliphatic heterocycles. The highest BCUT2D eigenvalue weighted by molar-refractivity contribution is 6.06. The van der Waals surface area contributed by atoms with Crippen molar-refractivity contribution < 1.29 is 4.79 Å². The Morgan fingerprint density at radius 2 is 1.76 bits per heavy atom. The summed E-state index contributed by atoms with van der Waals surface area (Å²) in [5.74, 6) is 0.00587. The third-order valence-corrected chi connectivity index (χ3v) is 3.49. The Morgan fingerprint density at radius 1 is 1.10 bits per heavy atom. The summed E-state index contributed by atoms with van der Waals surface area (Å²) in [5.41, 5.74) is 3.78. The van der Waals surface area contributed by atoms with E-state index < -0.39 is 0 Å². The quantitative estimate of drug-likeness (QED) is 0.895. The van der Waals surface area contributed by atoms with Gasteiger partial charge in [-0.05, 0) is 49.2 Å². The highest BCUT2D eigenvalue weighted by Gasteiger charge is 2.14. The maximum absolute atomic E-state index is 12.5. The Labute approximate surface area is 126 Å². The van der Waals surface area contributed by atoms with E-state index in [0.29, 0.717) is 5.56 Å². The van der Waals surface area contributed by atoms with Gasteiger partial charge < -0.3 is 10.2 Å². The van der Waals surface area contributed by atoms with Crippen LogP contribution in [-0.2, 0) is 0 Å². The topological polar surface area (TPSA) is 32.3 Å². The van der Waals surface area contributed by atoms with Gasteiger partial charge >= 0.3 is 0 Å². The van der Waals surface area contributed by atoms with E-state index in [1.165, 1.54) is 0 Å². The van der Waals surface area contributed by atoms with Gasteiger partial charge in [0.05, 0.1) is 0 Å². The molecule has 110 valence electrons. The molecule has 21 heavy (non-hydrogen) atoms. The summed E-state index contributed by atoms with van der Waals surface area (Å²) in [6, 6.07) is 15.5. The molecule has 0 unspecified atom stereocenters. The van der Waals surface area contributed by atoms with Crippen LogP contribution < -0.4 is 10.2 Å².